The van der Waals surface area contributed by atoms with Crippen molar-refractivity contribution in [2.45, 2.75) is 32.4 Å². The summed E-state index contributed by atoms with van der Waals surface area (Å²) >= 11 is 5.19. The predicted molar refractivity (Wildman–Crippen MR) is 87.0 cm³/mol. The van der Waals surface area contributed by atoms with Gasteiger partial charge in [-0.25, -0.2) is 9.98 Å². The highest BCUT2D eigenvalue weighted by molar-refractivity contribution is 9.11. The number of halogens is 1. The lowest BCUT2D eigenvalue weighted by atomic mass is 10.0. The summed E-state index contributed by atoms with van der Waals surface area (Å²) in [6, 6.07) is 3.99. The molecule has 1 aromatic rings. The topological polar surface area (TPSA) is 43.2 Å². The van der Waals surface area contributed by atoms with Gasteiger partial charge in [0.1, 0.15) is 12.1 Å². The molecule has 0 fully saturated rings. The Hall–Kier alpha value is -0.880. The number of hydrogen-bond donors (Lipinski definition) is 0. The third-order valence-electron chi connectivity index (χ3n) is 3.16. The number of hydrogen-bond acceptors (Lipinski definition) is 5. The van der Waals surface area contributed by atoms with Gasteiger partial charge in [-0.2, -0.15) is 0 Å². The molecule has 0 aliphatic carbocycles. The van der Waals surface area contributed by atoms with E-state index < -0.39 is 0 Å². The van der Waals surface area contributed by atoms with E-state index in [4.69, 9.17) is 9.47 Å². The molecule has 2 heterocycles. The van der Waals surface area contributed by atoms with E-state index in [1.807, 2.05) is 6.07 Å². The standard InChI is InChI=1S/C14H19BrN2O2S/c1-8(2)12-14(19-4)16-10(13(17-12)18-3)7-9-5-6-11(15)20-9/h5-6,8,10,12H,7H2,1-4H3/t10?,12-/m1/s1. The van der Waals surface area contributed by atoms with Gasteiger partial charge in [0, 0.05) is 11.3 Å². The molecule has 0 N–H and O–H groups in total. The van der Waals surface area contributed by atoms with Crippen LogP contribution in [0.1, 0.15) is 18.7 Å². The zero-order valence-corrected chi connectivity index (χ0v) is 14.5. The maximum absolute atomic E-state index is 5.44. The Morgan fingerprint density at radius 2 is 1.90 bits per heavy atom. The summed E-state index contributed by atoms with van der Waals surface area (Å²) in [4.78, 5) is 10.6. The molecule has 0 spiro atoms. The minimum absolute atomic E-state index is 0.0544. The van der Waals surface area contributed by atoms with E-state index in [2.05, 4.69) is 45.8 Å². The van der Waals surface area contributed by atoms with E-state index in [-0.39, 0.29) is 12.1 Å². The average molecular weight is 359 g/mol. The van der Waals surface area contributed by atoms with Crippen LogP contribution in [0, 0.1) is 5.92 Å². The largest absolute Gasteiger partial charge is 0.483 e. The minimum Gasteiger partial charge on any atom is -0.483 e. The second kappa shape index (κ2) is 6.72. The number of nitrogens with zero attached hydrogens (tertiary/aromatic N) is 2. The molecule has 20 heavy (non-hydrogen) atoms. The van der Waals surface area contributed by atoms with Gasteiger partial charge in [-0.15, -0.1) is 11.3 Å². The summed E-state index contributed by atoms with van der Waals surface area (Å²) in [5.41, 5.74) is 0. The Kier molecular flexibility index (Phi) is 5.21. The van der Waals surface area contributed by atoms with Gasteiger partial charge in [-0.05, 0) is 34.0 Å². The highest BCUT2D eigenvalue weighted by Gasteiger charge is 2.31. The summed E-state index contributed by atoms with van der Waals surface area (Å²) in [6.07, 6.45) is 0.778. The van der Waals surface area contributed by atoms with Crippen LogP contribution in [-0.2, 0) is 15.9 Å². The van der Waals surface area contributed by atoms with Gasteiger partial charge in [-0.1, -0.05) is 13.8 Å². The summed E-state index contributed by atoms with van der Waals surface area (Å²) < 4.78 is 12.0. The first-order chi connectivity index (χ1) is 9.55. The van der Waals surface area contributed by atoms with Crippen LogP contribution in [-0.4, -0.2) is 38.1 Å². The van der Waals surface area contributed by atoms with E-state index in [9.17, 15) is 0 Å². The van der Waals surface area contributed by atoms with Crippen molar-refractivity contribution in [2.75, 3.05) is 14.2 Å². The van der Waals surface area contributed by atoms with Gasteiger partial charge < -0.3 is 9.47 Å². The van der Waals surface area contributed by atoms with Gasteiger partial charge in [0.15, 0.2) is 0 Å². The van der Waals surface area contributed by atoms with Crippen LogP contribution in [0.4, 0.5) is 0 Å². The molecule has 0 saturated heterocycles. The van der Waals surface area contributed by atoms with Gasteiger partial charge in [0.2, 0.25) is 11.8 Å². The first-order valence-electron chi connectivity index (χ1n) is 6.52. The molecule has 2 rings (SSSR count). The molecule has 4 nitrogen and oxygen atoms in total. The maximum atomic E-state index is 5.44. The Morgan fingerprint density at radius 1 is 1.20 bits per heavy atom. The molecule has 0 saturated carbocycles. The third kappa shape index (κ3) is 3.41. The van der Waals surface area contributed by atoms with Crippen LogP contribution in [0.25, 0.3) is 0 Å². The molecule has 1 aliphatic heterocycles. The zero-order chi connectivity index (χ0) is 14.7. The number of aliphatic imine (C=N–C) groups is 2. The lowest BCUT2D eigenvalue weighted by Crippen LogP contribution is -2.38. The van der Waals surface area contributed by atoms with Crippen LogP contribution in [0.5, 0.6) is 0 Å². The second-order valence-corrected chi connectivity index (χ2v) is 7.51. The number of methoxy groups -OCH3 is 2. The number of rotatable bonds is 3. The van der Waals surface area contributed by atoms with Crippen molar-refractivity contribution >= 4 is 39.1 Å². The molecule has 0 amide bonds. The molecule has 0 aromatic carbocycles. The summed E-state index contributed by atoms with van der Waals surface area (Å²) in [5.74, 6) is 1.71. The number of thiophene rings is 1. The number of ether oxygens (including phenoxy) is 2. The summed E-state index contributed by atoms with van der Waals surface area (Å²) in [6.45, 7) is 4.21. The van der Waals surface area contributed by atoms with Crippen LogP contribution in [0.2, 0.25) is 0 Å². The van der Waals surface area contributed by atoms with Crippen molar-refractivity contribution in [3.05, 3.63) is 20.8 Å². The van der Waals surface area contributed by atoms with Crippen molar-refractivity contribution in [3.8, 4) is 0 Å². The van der Waals surface area contributed by atoms with Gasteiger partial charge in [0.05, 0.1) is 18.0 Å². The van der Waals surface area contributed by atoms with Gasteiger partial charge in [-0.3, -0.25) is 0 Å². The van der Waals surface area contributed by atoms with Crippen LogP contribution >= 0.6 is 27.3 Å². The van der Waals surface area contributed by atoms with Crippen LogP contribution < -0.4 is 0 Å². The quantitative estimate of drug-likeness (QED) is 0.828. The molecule has 6 heteroatoms. The van der Waals surface area contributed by atoms with Crippen LogP contribution in [0.15, 0.2) is 25.9 Å². The van der Waals surface area contributed by atoms with E-state index in [1.165, 1.54) is 4.88 Å². The Bertz CT molecular complexity index is 525. The Morgan fingerprint density at radius 3 is 2.40 bits per heavy atom. The fourth-order valence-electron chi connectivity index (χ4n) is 2.14. The SMILES string of the molecule is COC1=N[C@H](C(C)C)C(OC)=NC1Cc1ccc(Br)s1. The lowest BCUT2D eigenvalue weighted by Gasteiger charge is -2.26. The molecule has 1 aromatic heterocycles. The molecular weight excluding hydrogens is 340 g/mol. The third-order valence-corrected chi connectivity index (χ3v) is 4.81. The van der Waals surface area contributed by atoms with E-state index in [0.29, 0.717) is 17.7 Å². The molecular formula is C14H19BrN2O2S. The smallest absolute Gasteiger partial charge is 0.209 e. The molecule has 1 aliphatic rings. The molecule has 110 valence electrons. The van der Waals surface area contributed by atoms with Crippen molar-refractivity contribution in [3.63, 3.8) is 0 Å². The summed E-state index contributed by atoms with van der Waals surface area (Å²) in [5, 5.41) is 0. The highest BCUT2D eigenvalue weighted by Crippen LogP contribution is 2.26. The van der Waals surface area contributed by atoms with Crippen molar-refractivity contribution in [2.24, 2.45) is 15.9 Å². The highest BCUT2D eigenvalue weighted by atomic mass is 79.9. The summed E-state index contributed by atoms with van der Waals surface area (Å²) in [7, 11) is 3.31. The molecule has 0 radical (unpaired) electrons. The van der Waals surface area contributed by atoms with Gasteiger partial charge in [0.25, 0.3) is 0 Å². The first-order valence-corrected chi connectivity index (χ1v) is 8.13. The minimum atomic E-state index is -0.101. The molecule has 1 unspecified atom stereocenters. The molecule has 0 bridgehead atoms. The first kappa shape index (κ1) is 15.5. The van der Waals surface area contributed by atoms with Crippen molar-refractivity contribution < 1.29 is 9.47 Å². The maximum Gasteiger partial charge on any atom is 0.209 e. The Balaban J connectivity index is 2.23. The fourth-order valence-corrected chi connectivity index (χ4v) is 3.66. The average Bonchev–Trinajstić information content (AvgIpc) is 2.83. The van der Waals surface area contributed by atoms with Crippen molar-refractivity contribution in [1.82, 2.24) is 0 Å². The molecule has 2 atom stereocenters. The monoisotopic (exact) mass is 358 g/mol. The van der Waals surface area contributed by atoms with Gasteiger partial charge >= 0.3 is 0 Å². The van der Waals surface area contributed by atoms with E-state index in [1.54, 1.807) is 25.6 Å². The van der Waals surface area contributed by atoms with E-state index >= 15 is 0 Å². The normalized spacial score (nSPS) is 22.5. The van der Waals surface area contributed by atoms with Crippen molar-refractivity contribution in [1.29, 1.82) is 0 Å². The zero-order valence-electron chi connectivity index (χ0n) is 12.1. The fraction of sp³-hybridized carbons (Fsp3) is 0.571. The predicted octanol–water partition coefficient (Wildman–Crippen LogP) is 3.55. The Labute approximate surface area is 132 Å². The van der Waals surface area contributed by atoms with Crippen LogP contribution in [0.3, 0.4) is 0 Å². The second-order valence-electron chi connectivity index (χ2n) is 4.96. The lowest BCUT2D eigenvalue weighted by molar-refractivity contribution is 0.333. The van der Waals surface area contributed by atoms with E-state index in [0.717, 1.165) is 10.2 Å².